The summed E-state index contributed by atoms with van der Waals surface area (Å²) in [6.07, 6.45) is 0. The van der Waals surface area contributed by atoms with Crippen LogP contribution < -0.4 is 10.6 Å². The molecule has 0 aliphatic carbocycles. The van der Waals surface area contributed by atoms with Gasteiger partial charge in [-0.1, -0.05) is 0 Å². The number of hydrazine groups is 1. The van der Waals surface area contributed by atoms with E-state index in [1.807, 2.05) is 0 Å². The fraction of sp³-hybridized carbons (Fsp3) is 0. The Morgan fingerprint density at radius 3 is 1.68 bits per heavy atom. The van der Waals surface area contributed by atoms with Crippen LogP contribution in [0.25, 0.3) is 0 Å². The summed E-state index contributed by atoms with van der Waals surface area (Å²) in [5, 5.41) is 5.60. The number of hydrogen-bond donors (Lipinski definition) is 2. The third kappa shape index (κ3) is 3.59. The highest BCUT2D eigenvalue weighted by atomic mass is 79.9. The molecular formula is C15H7Br4N3O5S. The van der Waals surface area contributed by atoms with E-state index in [0.29, 0.717) is 22.9 Å². The van der Waals surface area contributed by atoms with E-state index in [-0.39, 0.29) is 21.6 Å². The average molecular weight is 661 g/mol. The monoisotopic (exact) mass is 657 g/mol. The van der Waals surface area contributed by atoms with Crippen molar-refractivity contribution < 1.29 is 22.8 Å². The second-order valence-electron chi connectivity index (χ2n) is 5.46. The number of benzene rings is 2. The van der Waals surface area contributed by atoms with Crippen LogP contribution in [0.2, 0.25) is 0 Å². The van der Waals surface area contributed by atoms with E-state index < -0.39 is 27.7 Å². The first kappa shape index (κ1) is 21.6. The number of nitrogens with one attached hydrogen (secondary N) is 1. The molecule has 1 heterocycles. The van der Waals surface area contributed by atoms with Gasteiger partial charge in [0.1, 0.15) is 0 Å². The lowest BCUT2D eigenvalue weighted by Crippen LogP contribution is -2.45. The summed E-state index contributed by atoms with van der Waals surface area (Å²) in [6.45, 7) is 0. The summed E-state index contributed by atoms with van der Waals surface area (Å²) in [4.78, 5) is 37.7. The van der Waals surface area contributed by atoms with Crippen molar-refractivity contribution in [3.63, 3.8) is 0 Å². The first-order valence-corrected chi connectivity index (χ1v) is 11.9. The molecule has 0 unspecified atom stereocenters. The molecule has 0 spiro atoms. The second kappa shape index (κ2) is 7.61. The van der Waals surface area contributed by atoms with E-state index in [1.165, 1.54) is 12.1 Å². The molecule has 0 saturated carbocycles. The Morgan fingerprint density at radius 1 is 0.857 bits per heavy atom. The molecule has 3 amide bonds. The lowest BCUT2D eigenvalue weighted by molar-refractivity contribution is 0.0517. The number of primary sulfonamides is 1. The Kier molecular flexibility index (Phi) is 5.87. The third-order valence-electron chi connectivity index (χ3n) is 3.76. The Morgan fingerprint density at radius 2 is 1.29 bits per heavy atom. The summed E-state index contributed by atoms with van der Waals surface area (Å²) in [5.41, 5.74) is 2.43. The number of halogens is 4. The maximum atomic E-state index is 12.7. The lowest BCUT2D eigenvalue weighted by Gasteiger charge is -2.15. The first-order valence-electron chi connectivity index (χ1n) is 7.13. The molecule has 28 heavy (non-hydrogen) atoms. The molecule has 0 saturated heterocycles. The second-order valence-corrected chi connectivity index (χ2v) is 10.2. The highest BCUT2D eigenvalue weighted by Crippen LogP contribution is 2.44. The average Bonchev–Trinajstić information content (AvgIpc) is 2.88. The zero-order valence-electron chi connectivity index (χ0n) is 13.3. The molecule has 0 atom stereocenters. The van der Waals surface area contributed by atoms with Crippen LogP contribution in [0.5, 0.6) is 0 Å². The molecule has 8 nitrogen and oxygen atoms in total. The Balaban J connectivity index is 1.93. The van der Waals surface area contributed by atoms with Crippen molar-refractivity contribution in [3.05, 3.63) is 58.8 Å². The van der Waals surface area contributed by atoms with Crippen molar-refractivity contribution in [1.82, 2.24) is 10.4 Å². The number of amides is 3. The number of carbonyl (C=O) groups is 3. The van der Waals surface area contributed by atoms with Crippen molar-refractivity contribution in [2.75, 3.05) is 0 Å². The van der Waals surface area contributed by atoms with Crippen LogP contribution in [0.3, 0.4) is 0 Å². The molecule has 0 aromatic heterocycles. The van der Waals surface area contributed by atoms with Crippen molar-refractivity contribution in [1.29, 1.82) is 0 Å². The van der Waals surface area contributed by atoms with Crippen molar-refractivity contribution in [2.24, 2.45) is 5.14 Å². The van der Waals surface area contributed by atoms with Gasteiger partial charge in [-0.2, -0.15) is 5.01 Å². The van der Waals surface area contributed by atoms with Crippen LogP contribution in [-0.4, -0.2) is 31.1 Å². The summed E-state index contributed by atoms with van der Waals surface area (Å²) in [7, 11) is -3.91. The van der Waals surface area contributed by atoms with E-state index in [4.69, 9.17) is 5.14 Å². The number of hydrogen-bond acceptors (Lipinski definition) is 5. The Hall–Kier alpha value is -1.12. The zero-order valence-corrected chi connectivity index (χ0v) is 20.5. The predicted octanol–water partition coefficient (Wildman–Crippen LogP) is 3.33. The Bertz CT molecular complexity index is 1120. The SMILES string of the molecule is NS(=O)(=O)c1ccc(C(=O)NN2C(=O)c3c(Br)c(Br)c(Br)c(Br)c3C2=O)cc1. The summed E-state index contributed by atoms with van der Waals surface area (Å²) in [6, 6.07) is 4.72. The molecule has 3 rings (SSSR count). The standard InChI is InChI=1S/C15H7Br4N3O5S/c16-9-7-8(10(17)12(19)11(9)18)15(25)22(14(7)24)21-13(23)5-1-3-6(4-2-5)28(20,26)27/h1-4H,(H,21,23)(H2,20,26,27). The van der Waals surface area contributed by atoms with Gasteiger partial charge in [-0.3, -0.25) is 19.8 Å². The number of nitrogens with zero attached hydrogens (tertiary/aromatic N) is 1. The van der Waals surface area contributed by atoms with Crippen LogP contribution in [-0.2, 0) is 10.0 Å². The summed E-state index contributed by atoms with van der Waals surface area (Å²) in [5.74, 6) is -2.23. The predicted molar refractivity (Wildman–Crippen MR) is 113 cm³/mol. The highest BCUT2D eigenvalue weighted by Gasteiger charge is 2.42. The number of rotatable bonds is 3. The van der Waals surface area contributed by atoms with Gasteiger partial charge < -0.3 is 0 Å². The number of fused-ring (bicyclic) bond motifs is 1. The van der Waals surface area contributed by atoms with E-state index in [1.54, 1.807) is 0 Å². The fourth-order valence-corrected chi connectivity index (χ4v) is 5.39. The third-order valence-corrected chi connectivity index (χ3v) is 9.46. The maximum Gasteiger partial charge on any atom is 0.281 e. The molecule has 0 bridgehead atoms. The van der Waals surface area contributed by atoms with Gasteiger partial charge in [-0.15, -0.1) is 0 Å². The molecule has 0 fully saturated rings. The molecule has 3 N–H and O–H groups in total. The first-order chi connectivity index (χ1) is 12.9. The van der Waals surface area contributed by atoms with Crippen LogP contribution in [0.15, 0.2) is 47.1 Å². The van der Waals surface area contributed by atoms with E-state index in [0.717, 1.165) is 12.1 Å². The highest BCUT2D eigenvalue weighted by molar-refractivity contribution is 9.15. The van der Waals surface area contributed by atoms with Crippen molar-refractivity contribution >= 4 is 91.5 Å². The molecular weight excluding hydrogens is 654 g/mol. The number of imide groups is 1. The quantitative estimate of drug-likeness (QED) is 0.297. The topological polar surface area (TPSA) is 127 Å². The number of sulfonamides is 1. The molecule has 146 valence electrons. The van der Waals surface area contributed by atoms with Gasteiger partial charge in [-0.05, 0) is 88.0 Å². The molecule has 1 aliphatic heterocycles. The van der Waals surface area contributed by atoms with Gasteiger partial charge >= 0.3 is 0 Å². The van der Waals surface area contributed by atoms with Gasteiger partial charge in [0.15, 0.2) is 0 Å². The van der Waals surface area contributed by atoms with Crippen LogP contribution in [0.1, 0.15) is 31.1 Å². The van der Waals surface area contributed by atoms with Crippen LogP contribution in [0.4, 0.5) is 0 Å². The lowest BCUT2D eigenvalue weighted by atomic mass is 10.1. The van der Waals surface area contributed by atoms with Gasteiger partial charge in [-0.25, -0.2) is 13.6 Å². The Labute approximate surface area is 192 Å². The van der Waals surface area contributed by atoms with Crippen LogP contribution in [0, 0.1) is 0 Å². The molecule has 0 radical (unpaired) electrons. The van der Waals surface area contributed by atoms with Gasteiger partial charge in [0, 0.05) is 23.5 Å². The van der Waals surface area contributed by atoms with Gasteiger partial charge in [0.05, 0.1) is 16.0 Å². The molecule has 13 heteroatoms. The number of nitrogens with two attached hydrogens (primary N) is 1. The van der Waals surface area contributed by atoms with Gasteiger partial charge in [0.25, 0.3) is 17.7 Å². The van der Waals surface area contributed by atoms with Gasteiger partial charge in [0.2, 0.25) is 10.0 Å². The minimum absolute atomic E-state index is 0.0319. The fourth-order valence-electron chi connectivity index (χ4n) is 2.41. The van der Waals surface area contributed by atoms with E-state index >= 15 is 0 Å². The van der Waals surface area contributed by atoms with Crippen LogP contribution >= 0.6 is 63.7 Å². The largest absolute Gasteiger partial charge is 0.281 e. The molecule has 1 aliphatic rings. The van der Waals surface area contributed by atoms with E-state index in [2.05, 4.69) is 69.1 Å². The minimum Gasteiger partial charge on any atom is -0.267 e. The van der Waals surface area contributed by atoms with E-state index in [9.17, 15) is 22.8 Å². The summed E-state index contributed by atoms with van der Waals surface area (Å²) >= 11 is 13.2. The minimum atomic E-state index is -3.91. The van der Waals surface area contributed by atoms with Crippen molar-refractivity contribution in [3.8, 4) is 0 Å². The number of carbonyl (C=O) groups excluding carboxylic acids is 3. The molecule has 2 aromatic rings. The summed E-state index contributed by atoms with van der Waals surface area (Å²) < 4.78 is 24.3. The smallest absolute Gasteiger partial charge is 0.267 e. The molecule has 2 aromatic carbocycles. The zero-order chi connectivity index (χ0) is 21.0. The normalized spacial score (nSPS) is 13.7. The van der Waals surface area contributed by atoms with Crippen molar-refractivity contribution in [2.45, 2.75) is 4.90 Å². The maximum absolute atomic E-state index is 12.7.